The lowest BCUT2D eigenvalue weighted by Gasteiger charge is -2.31. The van der Waals surface area contributed by atoms with E-state index in [1.54, 1.807) is 17.3 Å². The number of hydrogen-bond donors (Lipinski definition) is 5. The quantitative estimate of drug-likeness (QED) is 0.145. The number of aryl methyl sites for hydroxylation is 2. The SMILES string of the molecule is O=C(CC1CCN(C(=O)c2ncco2)CC1)Nc1ccc2cc1CCc1cncc(c1)Nc1ncc(Cl)c(n1)N2.O=C(O)C(F)(F)F.O=C(O)C(F)(F)F. The number of carboxylic acids is 2. The lowest BCUT2D eigenvalue weighted by Crippen LogP contribution is -2.39. The number of nitrogens with one attached hydrogen (secondary N) is 3. The van der Waals surface area contributed by atoms with Gasteiger partial charge in [-0.1, -0.05) is 11.6 Å². The molecule has 3 aromatic heterocycles. The van der Waals surface area contributed by atoms with Crippen molar-refractivity contribution in [1.29, 1.82) is 0 Å². The van der Waals surface area contributed by atoms with Gasteiger partial charge in [-0.2, -0.15) is 31.3 Å². The molecule has 4 aromatic rings. The highest BCUT2D eigenvalue weighted by Crippen LogP contribution is 2.30. The predicted octanol–water partition coefficient (Wildman–Crippen LogP) is 6.25. The zero-order valence-corrected chi connectivity index (χ0v) is 28.3. The van der Waals surface area contributed by atoms with Crippen molar-refractivity contribution in [2.24, 2.45) is 5.92 Å². The summed E-state index contributed by atoms with van der Waals surface area (Å²) in [6.45, 7) is 1.14. The van der Waals surface area contributed by atoms with Gasteiger partial charge in [-0.15, -0.1) is 0 Å². The Bertz CT molecular complexity index is 1930. The Morgan fingerprint density at radius 2 is 1.57 bits per heavy atom. The number of anilines is 5. The summed E-state index contributed by atoms with van der Waals surface area (Å²) in [5.41, 5.74) is 4.36. The Morgan fingerprint density at radius 1 is 0.907 bits per heavy atom. The monoisotopic (exact) mass is 786 g/mol. The van der Waals surface area contributed by atoms with Crippen LogP contribution in [-0.4, -0.2) is 84.2 Å². The van der Waals surface area contributed by atoms with Crippen LogP contribution in [0.3, 0.4) is 0 Å². The number of likely N-dealkylation sites (tertiary alicyclic amines) is 1. The third-order valence-electron chi connectivity index (χ3n) is 7.60. The van der Waals surface area contributed by atoms with E-state index in [0.717, 1.165) is 47.5 Å². The average molecular weight is 787 g/mol. The lowest BCUT2D eigenvalue weighted by atomic mass is 9.93. The highest BCUT2D eigenvalue weighted by molar-refractivity contribution is 6.32. The van der Waals surface area contributed by atoms with Gasteiger partial charge in [-0.3, -0.25) is 14.6 Å². The minimum Gasteiger partial charge on any atom is -0.475 e. The number of nitrogens with zero attached hydrogens (tertiary/aromatic N) is 5. The first kappa shape index (κ1) is 40.8. The maximum absolute atomic E-state index is 13.1. The topological polar surface area (TPSA) is 213 Å². The van der Waals surface area contributed by atoms with E-state index >= 15 is 0 Å². The number of oxazole rings is 1. The normalized spacial score (nSPS) is 14.1. The van der Waals surface area contributed by atoms with E-state index in [1.807, 2.05) is 30.5 Å². The largest absolute Gasteiger partial charge is 0.490 e. The van der Waals surface area contributed by atoms with Gasteiger partial charge >= 0.3 is 30.2 Å². The number of rotatable bonds is 4. The summed E-state index contributed by atoms with van der Waals surface area (Å²) in [6.07, 6.45) is 1.07. The molecule has 0 radical (unpaired) electrons. The highest BCUT2D eigenvalue weighted by Gasteiger charge is 2.39. The van der Waals surface area contributed by atoms with Crippen LogP contribution in [-0.2, 0) is 27.2 Å². The van der Waals surface area contributed by atoms with Crippen LogP contribution >= 0.6 is 11.6 Å². The number of fused-ring (bicyclic) bond motifs is 6. The van der Waals surface area contributed by atoms with Gasteiger partial charge in [-0.25, -0.2) is 19.6 Å². The summed E-state index contributed by atoms with van der Waals surface area (Å²) in [5.74, 6) is -4.61. The molecule has 1 saturated heterocycles. The highest BCUT2D eigenvalue weighted by atomic mass is 35.5. The molecular weight excluding hydrogens is 758 g/mol. The number of carbonyl (C=O) groups is 4. The number of piperidine rings is 1. The summed E-state index contributed by atoms with van der Waals surface area (Å²) < 4.78 is 68.6. The maximum atomic E-state index is 13.1. The first-order chi connectivity index (χ1) is 25.4. The summed E-state index contributed by atoms with van der Waals surface area (Å²) >= 11 is 6.36. The van der Waals surface area contributed by atoms with E-state index in [2.05, 4.69) is 35.9 Å². The van der Waals surface area contributed by atoms with Gasteiger partial charge in [-0.05, 0) is 67.0 Å². The molecule has 15 nitrogen and oxygen atoms in total. The summed E-state index contributed by atoms with van der Waals surface area (Å²) in [5, 5.41) is 24.2. The van der Waals surface area contributed by atoms with Gasteiger partial charge in [0.05, 0.1) is 24.3 Å². The number of hydrogen-bond acceptors (Lipinski definition) is 11. The fourth-order valence-corrected chi connectivity index (χ4v) is 5.16. The molecule has 0 aliphatic carbocycles. The first-order valence-electron chi connectivity index (χ1n) is 15.6. The molecule has 0 spiro atoms. The van der Waals surface area contributed by atoms with Crippen molar-refractivity contribution in [2.75, 3.05) is 29.0 Å². The maximum Gasteiger partial charge on any atom is 0.490 e. The Kier molecular flexibility index (Phi) is 13.4. The smallest absolute Gasteiger partial charge is 0.475 e. The number of carboxylic acid groups (broad SMARTS) is 2. The van der Waals surface area contributed by atoms with Gasteiger partial charge in [0.1, 0.15) is 11.3 Å². The number of amides is 2. The van der Waals surface area contributed by atoms with E-state index < -0.39 is 24.3 Å². The van der Waals surface area contributed by atoms with Crippen molar-refractivity contribution < 1.29 is 60.2 Å². The van der Waals surface area contributed by atoms with Crippen LogP contribution in [0, 0.1) is 5.92 Å². The van der Waals surface area contributed by atoms with E-state index in [0.29, 0.717) is 42.7 Å². The molecular formula is C32H29ClF6N8O7. The molecule has 288 valence electrons. The molecule has 1 aromatic carbocycles. The number of benzene rings is 1. The Balaban J connectivity index is 0.000000396. The number of aliphatic carboxylic acids is 2. The molecule has 6 bridgehead atoms. The fourth-order valence-electron chi connectivity index (χ4n) is 5.02. The first-order valence-corrected chi connectivity index (χ1v) is 16.0. The molecule has 54 heavy (non-hydrogen) atoms. The Labute approximate surface area is 305 Å². The van der Waals surface area contributed by atoms with Crippen molar-refractivity contribution >= 4 is 64.2 Å². The number of halogens is 7. The third-order valence-corrected chi connectivity index (χ3v) is 7.87. The van der Waals surface area contributed by atoms with Crippen molar-refractivity contribution in [3.8, 4) is 0 Å². The van der Waals surface area contributed by atoms with Crippen molar-refractivity contribution in [2.45, 2.75) is 44.5 Å². The molecule has 0 saturated carbocycles. The summed E-state index contributed by atoms with van der Waals surface area (Å²) in [4.78, 5) is 62.2. The van der Waals surface area contributed by atoms with Crippen LogP contribution in [0.4, 0.5) is 55.2 Å². The van der Waals surface area contributed by atoms with Crippen molar-refractivity contribution in [1.82, 2.24) is 24.8 Å². The predicted molar refractivity (Wildman–Crippen MR) is 177 cm³/mol. The molecule has 5 heterocycles. The van der Waals surface area contributed by atoms with Gasteiger partial charge < -0.3 is 35.5 Å². The molecule has 5 N–H and O–H groups in total. The zero-order valence-electron chi connectivity index (χ0n) is 27.5. The molecule has 0 atom stereocenters. The number of carbonyl (C=O) groups excluding carboxylic acids is 2. The van der Waals surface area contributed by atoms with Crippen LogP contribution in [0.5, 0.6) is 0 Å². The van der Waals surface area contributed by atoms with Gasteiger partial charge in [0, 0.05) is 37.1 Å². The fraction of sp³-hybridized carbons (Fsp3) is 0.312. The molecule has 0 unspecified atom stereocenters. The minimum atomic E-state index is -5.08. The van der Waals surface area contributed by atoms with Crippen LogP contribution in [0.1, 0.15) is 41.1 Å². The Hall–Kier alpha value is -5.99. The van der Waals surface area contributed by atoms with Crippen LogP contribution in [0.15, 0.2) is 59.7 Å². The second kappa shape index (κ2) is 17.7. The minimum absolute atomic E-state index is 0.0475. The molecule has 2 aliphatic heterocycles. The third kappa shape index (κ3) is 12.0. The second-order valence-corrected chi connectivity index (χ2v) is 11.9. The second-order valence-electron chi connectivity index (χ2n) is 11.5. The van der Waals surface area contributed by atoms with Crippen LogP contribution in [0.2, 0.25) is 5.02 Å². The number of alkyl halides is 6. The van der Waals surface area contributed by atoms with Gasteiger partial charge in [0.25, 0.3) is 5.89 Å². The standard InChI is InChI=1S/C28H27ClN8O3.2C2HF3O2/c29-22-16-32-28-34-21-11-18(14-30-15-21)1-2-19-13-20(33-25(22)36-28)3-4-23(19)35-24(38)12-17-5-8-37(9-6-17)27(39)26-31-7-10-40-26;2*3-2(4,5)1(6)7/h3-4,7,10-11,13-17H,1-2,5-6,8-9,12H2,(H,35,38)(H2,32,33,34,36);2*(H,6,7). The Morgan fingerprint density at radius 3 is 2.19 bits per heavy atom. The summed E-state index contributed by atoms with van der Waals surface area (Å²) in [6, 6.07) is 7.80. The molecule has 22 heteroatoms. The molecule has 6 rings (SSSR count). The van der Waals surface area contributed by atoms with Crippen molar-refractivity contribution in [3.63, 3.8) is 0 Å². The average Bonchev–Trinajstić information content (AvgIpc) is 3.65. The number of aromatic nitrogens is 4. The van der Waals surface area contributed by atoms with E-state index in [9.17, 15) is 35.9 Å². The lowest BCUT2D eigenvalue weighted by molar-refractivity contribution is -0.193. The zero-order chi connectivity index (χ0) is 39.6. The molecule has 2 aliphatic rings. The van der Waals surface area contributed by atoms with E-state index in [1.165, 1.54) is 12.5 Å². The van der Waals surface area contributed by atoms with Gasteiger partial charge in [0.15, 0.2) is 5.82 Å². The van der Waals surface area contributed by atoms with Gasteiger partial charge in [0.2, 0.25) is 11.9 Å². The van der Waals surface area contributed by atoms with E-state index in [4.69, 9.17) is 35.8 Å². The summed E-state index contributed by atoms with van der Waals surface area (Å²) in [7, 11) is 0. The number of pyridine rings is 1. The molecule has 2 amide bonds. The van der Waals surface area contributed by atoms with Crippen LogP contribution < -0.4 is 16.0 Å². The van der Waals surface area contributed by atoms with Crippen LogP contribution in [0.25, 0.3) is 0 Å². The van der Waals surface area contributed by atoms with Crippen molar-refractivity contribution in [3.05, 3.63) is 77.4 Å². The van der Waals surface area contributed by atoms with E-state index in [-0.39, 0.29) is 23.6 Å². The molecule has 1 fully saturated rings.